The highest BCUT2D eigenvalue weighted by atomic mass is 32.2. The fourth-order valence-electron chi connectivity index (χ4n) is 4.85. The molecule has 1 aromatic carbocycles. The maximum absolute atomic E-state index is 13.7. The van der Waals surface area contributed by atoms with Crippen LogP contribution in [-0.2, 0) is 14.8 Å². The summed E-state index contributed by atoms with van der Waals surface area (Å²) in [4.78, 5) is 6.46. The summed E-state index contributed by atoms with van der Waals surface area (Å²) in [6.07, 6.45) is 5.23. The van der Waals surface area contributed by atoms with Crippen LogP contribution in [0.2, 0.25) is 0 Å². The Morgan fingerprint density at radius 2 is 1.95 bits per heavy atom. The van der Waals surface area contributed by atoms with Gasteiger partial charge in [-0.2, -0.15) is 4.31 Å². The van der Waals surface area contributed by atoms with Crippen molar-refractivity contribution in [2.45, 2.75) is 43.7 Å². The van der Waals surface area contributed by atoms with Crippen LogP contribution in [0.25, 0.3) is 0 Å². The molecule has 0 unspecified atom stereocenters. The number of aromatic nitrogens is 1. The highest BCUT2D eigenvalue weighted by molar-refractivity contribution is 7.89. The van der Waals surface area contributed by atoms with Gasteiger partial charge in [0.2, 0.25) is 10.0 Å². The molecule has 8 nitrogen and oxygen atoms in total. The number of benzene rings is 1. The van der Waals surface area contributed by atoms with Gasteiger partial charge in [-0.3, -0.25) is 4.98 Å². The number of aliphatic hydroxyl groups excluding tert-OH is 1. The number of rotatable bonds is 6. The standard InChI is InChI=1S/C28H37N3O5S/c1-21-17-31(22(2)20-32)37(33,34)28-9-8-23(6-7-24-5-4-12-29-16-24)15-26(28)36-27(21)19-30(3)18-25-10-13-35-14-11-25/h4-5,8-9,12,15-16,21-22,25,27,32H,10-11,13-14,17-20H2,1-3H3/t21-,22-,27+/m1/s1. The van der Waals surface area contributed by atoms with Crippen LogP contribution >= 0.6 is 0 Å². The number of fused-ring (bicyclic) bond motifs is 1. The first-order valence-corrected chi connectivity index (χ1v) is 14.3. The van der Waals surface area contributed by atoms with E-state index in [4.69, 9.17) is 9.47 Å². The summed E-state index contributed by atoms with van der Waals surface area (Å²) in [7, 11) is -1.79. The Bertz CT molecular complexity index is 1210. The van der Waals surface area contributed by atoms with E-state index >= 15 is 0 Å². The van der Waals surface area contributed by atoms with Crippen LogP contribution in [-0.4, -0.2) is 86.4 Å². The monoisotopic (exact) mass is 527 g/mol. The molecule has 0 amide bonds. The fourth-order valence-corrected chi connectivity index (χ4v) is 6.68. The Morgan fingerprint density at radius 3 is 2.65 bits per heavy atom. The van der Waals surface area contributed by atoms with Crippen LogP contribution in [0, 0.1) is 23.7 Å². The molecule has 0 aliphatic carbocycles. The van der Waals surface area contributed by atoms with Gasteiger partial charge in [0.05, 0.1) is 6.61 Å². The van der Waals surface area contributed by atoms with E-state index in [1.165, 1.54) is 4.31 Å². The van der Waals surface area contributed by atoms with E-state index < -0.39 is 16.1 Å². The van der Waals surface area contributed by atoms with Crippen molar-refractivity contribution < 1.29 is 23.0 Å². The predicted molar refractivity (Wildman–Crippen MR) is 142 cm³/mol. The number of pyridine rings is 1. The first kappa shape index (κ1) is 27.6. The van der Waals surface area contributed by atoms with Crippen molar-refractivity contribution in [2.75, 3.05) is 46.5 Å². The summed E-state index contributed by atoms with van der Waals surface area (Å²) in [5, 5.41) is 9.85. The smallest absolute Gasteiger partial charge is 0.247 e. The molecule has 3 atom stereocenters. The van der Waals surface area contributed by atoms with Gasteiger partial charge in [0, 0.05) is 68.3 Å². The Hall–Kier alpha value is -2.48. The van der Waals surface area contributed by atoms with Gasteiger partial charge < -0.3 is 19.5 Å². The molecule has 2 aliphatic rings. The molecule has 2 aromatic rings. The minimum absolute atomic E-state index is 0.0980. The van der Waals surface area contributed by atoms with Gasteiger partial charge in [0.15, 0.2) is 0 Å². The average Bonchev–Trinajstić information content (AvgIpc) is 2.90. The summed E-state index contributed by atoms with van der Waals surface area (Å²) in [5.41, 5.74) is 1.43. The Kier molecular flexibility index (Phi) is 9.22. The van der Waals surface area contributed by atoms with E-state index in [2.05, 4.69) is 28.8 Å². The minimum Gasteiger partial charge on any atom is -0.487 e. The molecule has 0 saturated carbocycles. The lowest BCUT2D eigenvalue weighted by Gasteiger charge is -2.38. The lowest BCUT2D eigenvalue weighted by atomic mass is 9.98. The van der Waals surface area contributed by atoms with Crippen molar-refractivity contribution in [1.29, 1.82) is 0 Å². The first-order chi connectivity index (χ1) is 17.8. The molecule has 3 heterocycles. The molecule has 0 bridgehead atoms. The molecule has 1 saturated heterocycles. The molecule has 2 aliphatic heterocycles. The third kappa shape index (κ3) is 6.89. The summed E-state index contributed by atoms with van der Waals surface area (Å²) in [6, 6.07) is 8.11. The molecular formula is C28H37N3O5S. The molecule has 1 N–H and O–H groups in total. The Labute approximate surface area is 220 Å². The van der Waals surface area contributed by atoms with Gasteiger partial charge in [0.1, 0.15) is 16.7 Å². The predicted octanol–water partition coefficient (Wildman–Crippen LogP) is 2.61. The zero-order valence-corrected chi connectivity index (χ0v) is 22.7. The average molecular weight is 528 g/mol. The zero-order chi connectivity index (χ0) is 26.4. The third-order valence-corrected chi connectivity index (χ3v) is 9.10. The second kappa shape index (κ2) is 12.4. The molecule has 1 fully saturated rings. The van der Waals surface area contributed by atoms with Crippen molar-refractivity contribution in [3.63, 3.8) is 0 Å². The quantitative estimate of drug-likeness (QED) is 0.578. The van der Waals surface area contributed by atoms with Crippen LogP contribution in [0.3, 0.4) is 0 Å². The van der Waals surface area contributed by atoms with Crippen LogP contribution in [0.4, 0.5) is 0 Å². The number of aliphatic hydroxyl groups is 1. The van der Waals surface area contributed by atoms with Crippen molar-refractivity contribution in [3.05, 3.63) is 53.9 Å². The second-order valence-electron chi connectivity index (χ2n) is 10.2. The summed E-state index contributed by atoms with van der Waals surface area (Å²) in [6.45, 7) is 6.95. The van der Waals surface area contributed by atoms with Crippen LogP contribution in [0.1, 0.15) is 37.8 Å². The van der Waals surface area contributed by atoms with E-state index in [1.54, 1.807) is 37.5 Å². The second-order valence-corrected chi connectivity index (χ2v) is 12.0. The molecule has 0 spiro atoms. The number of nitrogens with zero attached hydrogens (tertiary/aromatic N) is 3. The van der Waals surface area contributed by atoms with Crippen LogP contribution < -0.4 is 4.74 Å². The molecular weight excluding hydrogens is 490 g/mol. The van der Waals surface area contributed by atoms with Gasteiger partial charge in [-0.1, -0.05) is 18.8 Å². The summed E-state index contributed by atoms with van der Waals surface area (Å²) < 4.78 is 40.7. The van der Waals surface area contributed by atoms with Crippen molar-refractivity contribution in [3.8, 4) is 17.6 Å². The van der Waals surface area contributed by atoms with Gasteiger partial charge >= 0.3 is 0 Å². The largest absolute Gasteiger partial charge is 0.487 e. The van der Waals surface area contributed by atoms with E-state index in [9.17, 15) is 13.5 Å². The van der Waals surface area contributed by atoms with Crippen LogP contribution in [0.15, 0.2) is 47.6 Å². The molecule has 200 valence electrons. The van der Waals surface area contributed by atoms with Gasteiger partial charge in [-0.15, -0.1) is 0 Å². The van der Waals surface area contributed by atoms with Crippen molar-refractivity contribution in [1.82, 2.24) is 14.2 Å². The third-order valence-electron chi connectivity index (χ3n) is 7.08. The normalized spacial score (nSPS) is 23.2. The number of likely N-dealkylation sites (N-methyl/N-ethyl adjacent to an activating group) is 1. The van der Waals surface area contributed by atoms with E-state index in [-0.39, 0.29) is 30.1 Å². The summed E-state index contributed by atoms with van der Waals surface area (Å²) in [5.74, 6) is 6.95. The maximum atomic E-state index is 13.7. The number of hydrogen-bond donors (Lipinski definition) is 1. The molecule has 37 heavy (non-hydrogen) atoms. The first-order valence-electron chi connectivity index (χ1n) is 12.9. The molecule has 9 heteroatoms. The highest BCUT2D eigenvalue weighted by Crippen LogP contribution is 2.34. The fraction of sp³-hybridized carbons (Fsp3) is 0.536. The van der Waals surface area contributed by atoms with Gasteiger partial charge in [-0.05, 0) is 63.1 Å². The minimum atomic E-state index is -3.88. The van der Waals surface area contributed by atoms with Crippen molar-refractivity contribution >= 4 is 10.0 Å². The van der Waals surface area contributed by atoms with Gasteiger partial charge in [-0.25, -0.2) is 8.42 Å². The van der Waals surface area contributed by atoms with E-state index in [0.717, 1.165) is 38.2 Å². The summed E-state index contributed by atoms with van der Waals surface area (Å²) >= 11 is 0. The zero-order valence-electron chi connectivity index (χ0n) is 21.8. The van der Waals surface area contributed by atoms with Crippen molar-refractivity contribution in [2.24, 2.45) is 11.8 Å². The lowest BCUT2D eigenvalue weighted by molar-refractivity contribution is 0.0402. The lowest BCUT2D eigenvalue weighted by Crippen LogP contribution is -2.50. The SMILES string of the molecule is C[C@@H]1CN([C@H](C)CO)S(=O)(=O)c2ccc(C#Cc3cccnc3)cc2O[C@H]1CN(C)CC1CCOCC1. The Morgan fingerprint density at radius 1 is 1.19 bits per heavy atom. The molecule has 1 aromatic heterocycles. The van der Waals surface area contributed by atoms with Gasteiger partial charge in [0.25, 0.3) is 0 Å². The topological polar surface area (TPSA) is 92.2 Å². The van der Waals surface area contributed by atoms with E-state index in [1.807, 2.05) is 19.1 Å². The maximum Gasteiger partial charge on any atom is 0.247 e. The Balaban J connectivity index is 1.65. The highest BCUT2D eigenvalue weighted by Gasteiger charge is 2.38. The molecule has 0 radical (unpaired) electrons. The van der Waals surface area contributed by atoms with Crippen LogP contribution in [0.5, 0.6) is 5.75 Å². The van der Waals surface area contributed by atoms with E-state index in [0.29, 0.717) is 23.8 Å². The number of ether oxygens (including phenoxy) is 2. The number of hydrogen-bond acceptors (Lipinski definition) is 7. The molecule has 4 rings (SSSR count). The number of sulfonamides is 1.